The van der Waals surface area contributed by atoms with Gasteiger partial charge < -0.3 is 15.7 Å². The van der Waals surface area contributed by atoms with E-state index in [1.165, 1.54) is 6.42 Å². The predicted octanol–water partition coefficient (Wildman–Crippen LogP) is 1.34. The molecule has 3 unspecified atom stereocenters. The highest BCUT2D eigenvalue weighted by Crippen LogP contribution is 2.28. The third kappa shape index (κ3) is 3.96. The van der Waals surface area contributed by atoms with Crippen LogP contribution in [0.5, 0.6) is 0 Å². The summed E-state index contributed by atoms with van der Waals surface area (Å²) in [6, 6.07) is 10.6. The highest BCUT2D eigenvalue weighted by molar-refractivity contribution is 5.80. The molecule has 19 heavy (non-hydrogen) atoms. The van der Waals surface area contributed by atoms with Crippen LogP contribution in [0.4, 0.5) is 0 Å². The molecule has 1 aliphatic rings. The number of benzene rings is 1. The first-order valence-corrected chi connectivity index (χ1v) is 6.87. The average molecular weight is 261 g/mol. The lowest BCUT2D eigenvalue weighted by Crippen LogP contribution is -2.41. The molecule has 0 amide bonds. The summed E-state index contributed by atoms with van der Waals surface area (Å²) in [5.74, 6) is 1.65. The monoisotopic (exact) mass is 261 g/mol. The van der Waals surface area contributed by atoms with Gasteiger partial charge in [0.1, 0.15) is 0 Å². The van der Waals surface area contributed by atoms with Crippen molar-refractivity contribution in [2.45, 2.75) is 25.3 Å². The molecule has 1 aromatic carbocycles. The molecular weight excluding hydrogens is 238 g/mol. The van der Waals surface area contributed by atoms with Crippen molar-refractivity contribution in [3.05, 3.63) is 35.9 Å². The second-order valence-electron chi connectivity index (χ2n) is 5.21. The van der Waals surface area contributed by atoms with Crippen LogP contribution in [0.1, 0.15) is 24.8 Å². The van der Waals surface area contributed by atoms with Crippen molar-refractivity contribution < 1.29 is 5.11 Å². The number of guanidine groups is 1. The van der Waals surface area contributed by atoms with Crippen LogP contribution in [-0.2, 0) is 0 Å². The Bertz CT molecular complexity index is 419. The Labute approximate surface area is 114 Å². The Hall–Kier alpha value is -1.55. The first-order chi connectivity index (χ1) is 9.24. The van der Waals surface area contributed by atoms with Gasteiger partial charge in [-0.15, -0.1) is 0 Å². The Morgan fingerprint density at radius 2 is 2.11 bits per heavy atom. The zero-order valence-corrected chi connectivity index (χ0v) is 11.6. The van der Waals surface area contributed by atoms with Crippen molar-refractivity contribution in [3.63, 3.8) is 0 Å². The largest absolute Gasteiger partial charge is 0.396 e. The van der Waals surface area contributed by atoms with E-state index in [-0.39, 0.29) is 12.5 Å². The van der Waals surface area contributed by atoms with Crippen molar-refractivity contribution >= 4 is 5.96 Å². The Kier molecular flexibility index (Phi) is 4.80. The van der Waals surface area contributed by atoms with E-state index in [0.717, 1.165) is 17.4 Å². The first-order valence-electron chi connectivity index (χ1n) is 6.87. The van der Waals surface area contributed by atoms with E-state index >= 15 is 0 Å². The summed E-state index contributed by atoms with van der Waals surface area (Å²) in [4.78, 5) is 4.22. The molecule has 0 aromatic heterocycles. The van der Waals surface area contributed by atoms with Crippen molar-refractivity contribution in [1.29, 1.82) is 0 Å². The fourth-order valence-electron chi connectivity index (χ4n) is 2.13. The van der Waals surface area contributed by atoms with Gasteiger partial charge in [0.2, 0.25) is 0 Å². The smallest absolute Gasteiger partial charge is 0.191 e. The maximum atomic E-state index is 9.50. The molecule has 4 heteroatoms. The van der Waals surface area contributed by atoms with Crippen LogP contribution in [-0.4, -0.2) is 37.3 Å². The minimum atomic E-state index is 0.0939. The molecule has 1 aromatic rings. The Morgan fingerprint density at radius 1 is 1.42 bits per heavy atom. The van der Waals surface area contributed by atoms with Crippen molar-refractivity contribution in [2.75, 3.05) is 20.2 Å². The molecule has 3 N–H and O–H groups in total. The van der Waals surface area contributed by atoms with E-state index in [9.17, 15) is 5.11 Å². The third-order valence-electron chi connectivity index (χ3n) is 3.66. The molecule has 0 aliphatic heterocycles. The lowest BCUT2D eigenvalue weighted by Gasteiger charge is -2.18. The molecule has 0 bridgehead atoms. The van der Waals surface area contributed by atoms with Crippen LogP contribution >= 0.6 is 0 Å². The van der Waals surface area contributed by atoms with Crippen LogP contribution in [0, 0.1) is 5.92 Å². The van der Waals surface area contributed by atoms with E-state index < -0.39 is 0 Å². The van der Waals surface area contributed by atoms with Gasteiger partial charge in [-0.1, -0.05) is 37.3 Å². The first kappa shape index (κ1) is 13.9. The number of nitrogens with one attached hydrogen (secondary N) is 2. The van der Waals surface area contributed by atoms with Crippen LogP contribution in [0.15, 0.2) is 35.3 Å². The molecule has 1 saturated carbocycles. The average Bonchev–Trinajstić information content (AvgIpc) is 3.14. The number of hydrogen-bond donors (Lipinski definition) is 3. The number of aliphatic hydroxyl groups excluding tert-OH is 1. The van der Waals surface area contributed by atoms with Crippen LogP contribution in [0.3, 0.4) is 0 Å². The van der Waals surface area contributed by atoms with Crippen LogP contribution in [0.2, 0.25) is 0 Å². The molecule has 3 atom stereocenters. The molecule has 0 heterocycles. The summed E-state index contributed by atoms with van der Waals surface area (Å²) in [5, 5.41) is 16.2. The minimum Gasteiger partial charge on any atom is -0.396 e. The molecule has 1 fully saturated rings. The van der Waals surface area contributed by atoms with Gasteiger partial charge in [-0.2, -0.15) is 0 Å². The number of rotatable bonds is 5. The van der Waals surface area contributed by atoms with Crippen LogP contribution in [0.25, 0.3) is 0 Å². The number of nitrogens with zero attached hydrogens (tertiary/aromatic N) is 1. The van der Waals surface area contributed by atoms with Crippen molar-refractivity contribution in [3.8, 4) is 0 Å². The van der Waals surface area contributed by atoms with Gasteiger partial charge in [0.15, 0.2) is 5.96 Å². The van der Waals surface area contributed by atoms with E-state index in [2.05, 4.69) is 22.5 Å². The van der Waals surface area contributed by atoms with Crippen molar-refractivity contribution in [2.24, 2.45) is 10.9 Å². The van der Waals surface area contributed by atoms with E-state index in [0.29, 0.717) is 12.6 Å². The van der Waals surface area contributed by atoms with Gasteiger partial charge in [0.05, 0.1) is 6.61 Å². The molecule has 4 nitrogen and oxygen atoms in total. The van der Waals surface area contributed by atoms with Gasteiger partial charge in [-0.3, -0.25) is 4.99 Å². The predicted molar refractivity (Wildman–Crippen MR) is 78.3 cm³/mol. The zero-order valence-electron chi connectivity index (χ0n) is 11.6. The fraction of sp³-hybridized carbons (Fsp3) is 0.533. The van der Waals surface area contributed by atoms with Gasteiger partial charge in [0, 0.05) is 25.6 Å². The summed E-state index contributed by atoms with van der Waals surface area (Å²) in [6.45, 7) is 3.04. The molecule has 104 valence electrons. The third-order valence-corrected chi connectivity index (χ3v) is 3.66. The van der Waals surface area contributed by atoms with E-state index in [1.807, 2.05) is 30.3 Å². The Balaban J connectivity index is 1.85. The molecule has 2 rings (SSSR count). The topological polar surface area (TPSA) is 56.7 Å². The minimum absolute atomic E-state index is 0.0939. The summed E-state index contributed by atoms with van der Waals surface area (Å²) < 4.78 is 0. The number of hydrogen-bond acceptors (Lipinski definition) is 2. The maximum Gasteiger partial charge on any atom is 0.191 e. The summed E-state index contributed by atoms with van der Waals surface area (Å²) in [5.41, 5.74) is 1.15. The van der Waals surface area contributed by atoms with Crippen LogP contribution < -0.4 is 10.6 Å². The van der Waals surface area contributed by atoms with Gasteiger partial charge in [0.25, 0.3) is 0 Å². The highest BCUT2D eigenvalue weighted by Gasteiger charge is 2.33. The maximum absolute atomic E-state index is 9.50. The fourth-order valence-corrected chi connectivity index (χ4v) is 2.13. The summed E-state index contributed by atoms with van der Waals surface area (Å²) >= 11 is 0. The normalized spacial score (nSPS) is 23.8. The van der Waals surface area contributed by atoms with E-state index in [1.54, 1.807) is 7.05 Å². The molecule has 0 radical (unpaired) electrons. The zero-order chi connectivity index (χ0) is 13.7. The lowest BCUT2D eigenvalue weighted by molar-refractivity contribution is 0.265. The summed E-state index contributed by atoms with van der Waals surface area (Å²) in [6.07, 6.45) is 1.21. The van der Waals surface area contributed by atoms with E-state index in [4.69, 9.17) is 0 Å². The number of aliphatic hydroxyl groups is 1. The van der Waals surface area contributed by atoms with Crippen molar-refractivity contribution in [1.82, 2.24) is 10.6 Å². The van der Waals surface area contributed by atoms with Gasteiger partial charge in [-0.05, 0) is 17.9 Å². The second kappa shape index (κ2) is 6.57. The SMILES string of the molecule is CN=C(NCC(CO)c1ccccc1)NC1CC1C. The molecular formula is C15H23N3O. The lowest BCUT2D eigenvalue weighted by atomic mass is 10.0. The van der Waals surface area contributed by atoms with Gasteiger partial charge >= 0.3 is 0 Å². The number of aliphatic imine (C=N–C) groups is 1. The molecule has 0 saturated heterocycles. The second-order valence-corrected chi connectivity index (χ2v) is 5.21. The molecule has 1 aliphatic carbocycles. The quantitative estimate of drug-likeness (QED) is 0.554. The summed E-state index contributed by atoms with van der Waals surface area (Å²) in [7, 11) is 1.78. The Morgan fingerprint density at radius 3 is 2.63 bits per heavy atom. The standard InChI is InChI=1S/C15H23N3O/c1-11-8-14(11)18-15(16-2)17-9-13(10-19)12-6-4-3-5-7-12/h3-7,11,13-14,19H,8-10H2,1-2H3,(H2,16,17,18). The highest BCUT2D eigenvalue weighted by atomic mass is 16.3. The molecule has 0 spiro atoms. The van der Waals surface area contributed by atoms with Gasteiger partial charge in [-0.25, -0.2) is 0 Å².